The number of amides is 1. The van der Waals surface area contributed by atoms with E-state index in [1.165, 1.54) is 18.6 Å². The van der Waals surface area contributed by atoms with Crippen LogP contribution in [-0.4, -0.2) is 30.9 Å². The number of sulfonamides is 1. The van der Waals surface area contributed by atoms with Gasteiger partial charge in [0.05, 0.1) is 17.6 Å². The molecular weight excluding hydrogens is 206 g/mol. The number of carbonyl (C=O) groups excluding carboxylic acids is 1. The van der Waals surface area contributed by atoms with Gasteiger partial charge in [0.1, 0.15) is 6.26 Å². The van der Waals surface area contributed by atoms with Crippen LogP contribution in [0.2, 0.25) is 0 Å². The lowest BCUT2D eigenvalue weighted by atomic mass is 10.3. The second-order valence-electron chi connectivity index (χ2n) is 3.06. The number of hydrogen-bond acceptors (Lipinski definition) is 4. The number of hydrogen-bond donors (Lipinski definition) is 0. The van der Waals surface area contributed by atoms with E-state index in [-0.39, 0.29) is 17.9 Å². The van der Waals surface area contributed by atoms with Crippen molar-refractivity contribution in [2.75, 3.05) is 12.3 Å². The molecule has 0 spiro atoms. The highest BCUT2D eigenvalue weighted by atomic mass is 32.2. The first-order valence-corrected chi connectivity index (χ1v) is 5.79. The van der Waals surface area contributed by atoms with Crippen LogP contribution < -0.4 is 0 Å². The maximum Gasteiger partial charge on any atom is 0.270 e. The lowest BCUT2D eigenvalue weighted by molar-refractivity contribution is 0.0869. The molecule has 6 heteroatoms. The van der Waals surface area contributed by atoms with E-state index in [0.29, 0.717) is 6.42 Å². The van der Waals surface area contributed by atoms with E-state index in [9.17, 15) is 13.2 Å². The highest BCUT2D eigenvalue weighted by molar-refractivity contribution is 7.89. The highest BCUT2D eigenvalue weighted by Crippen LogP contribution is 2.17. The second-order valence-corrected chi connectivity index (χ2v) is 5.07. The first kappa shape index (κ1) is 9.26. The Labute approximate surface area is 81.4 Å². The van der Waals surface area contributed by atoms with Crippen LogP contribution in [-0.2, 0) is 10.0 Å². The third-order valence-electron chi connectivity index (χ3n) is 2.09. The Morgan fingerprint density at radius 1 is 1.50 bits per heavy atom. The van der Waals surface area contributed by atoms with E-state index in [4.69, 9.17) is 4.42 Å². The number of carbonyl (C=O) groups is 1. The predicted octanol–water partition coefficient (Wildman–Crippen LogP) is 0.455. The molecular formula is C8H9NO4S. The third kappa shape index (κ3) is 1.41. The zero-order valence-corrected chi connectivity index (χ0v) is 8.16. The molecule has 2 rings (SSSR count). The summed E-state index contributed by atoms with van der Waals surface area (Å²) in [6.07, 6.45) is 3.10. The van der Waals surface area contributed by atoms with Crippen LogP contribution in [0, 0.1) is 0 Å². The molecule has 1 aliphatic heterocycles. The van der Waals surface area contributed by atoms with Crippen LogP contribution in [0.4, 0.5) is 0 Å². The van der Waals surface area contributed by atoms with E-state index in [2.05, 4.69) is 0 Å². The van der Waals surface area contributed by atoms with Crippen molar-refractivity contribution in [3.8, 4) is 0 Å². The fourth-order valence-corrected chi connectivity index (χ4v) is 2.88. The molecule has 0 aromatic carbocycles. The van der Waals surface area contributed by atoms with Gasteiger partial charge in [0.15, 0.2) is 0 Å². The molecule has 76 valence electrons. The Kier molecular flexibility index (Phi) is 2.07. The van der Waals surface area contributed by atoms with Crippen LogP contribution in [0.1, 0.15) is 16.8 Å². The average molecular weight is 215 g/mol. The minimum atomic E-state index is -3.37. The van der Waals surface area contributed by atoms with E-state index >= 15 is 0 Å². The Bertz CT molecular complexity index is 434. The van der Waals surface area contributed by atoms with Crippen LogP contribution in [0.5, 0.6) is 0 Å². The summed E-state index contributed by atoms with van der Waals surface area (Å²) in [6.45, 7) is 0.270. The zero-order valence-electron chi connectivity index (χ0n) is 7.34. The summed E-state index contributed by atoms with van der Waals surface area (Å²) >= 11 is 0. The maximum absolute atomic E-state index is 11.6. The first-order valence-electron chi connectivity index (χ1n) is 4.18. The molecule has 5 nitrogen and oxygen atoms in total. The van der Waals surface area contributed by atoms with Crippen molar-refractivity contribution in [2.45, 2.75) is 6.42 Å². The molecule has 0 bridgehead atoms. The zero-order chi connectivity index (χ0) is 10.2. The van der Waals surface area contributed by atoms with Crippen molar-refractivity contribution >= 4 is 15.9 Å². The summed E-state index contributed by atoms with van der Waals surface area (Å²) in [5, 5.41) is 0. The van der Waals surface area contributed by atoms with Gasteiger partial charge in [0.25, 0.3) is 5.91 Å². The molecule has 2 heterocycles. The van der Waals surface area contributed by atoms with E-state index in [0.717, 1.165) is 4.31 Å². The molecule has 1 aromatic heterocycles. The largest absolute Gasteiger partial charge is 0.472 e. The van der Waals surface area contributed by atoms with Gasteiger partial charge in [-0.1, -0.05) is 0 Å². The monoisotopic (exact) mass is 215 g/mol. The summed E-state index contributed by atoms with van der Waals surface area (Å²) < 4.78 is 28.4. The molecule has 14 heavy (non-hydrogen) atoms. The van der Waals surface area contributed by atoms with Crippen molar-refractivity contribution in [1.82, 2.24) is 4.31 Å². The number of nitrogens with zero attached hydrogens (tertiary/aromatic N) is 1. The van der Waals surface area contributed by atoms with Crippen molar-refractivity contribution in [2.24, 2.45) is 0 Å². The van der Waals surface area contributed by atoms with Gasteiger partial charge in [-0.15, -0.1) is 0 Å². The fourth-order valence-electron chi connectivity index (χ4n) is 1.40. The Morgan fingerprint density at radius 3 is 2.79 bits per heavy atom. The topological polar surface area (TPSA) is 67.6 Å². The van der Waals surface area contributed by atoms with E-state index < -0.39 is 15.9 Å². The molecule has 0 N–H and O–H groups in total. The van der Waals surface area contributed by atoms with Crippen molar-refractivity contribution in [3.05, 3.63) is 24.2 Å². The molecule has 0 saturated carbocycles. The number of furan rings is 1. The predicted molar refractivity (Wildman–Crippen MR) is 48.1 cm³/mol. The Balaban J connectivity index is 2.29. The molecule has 0 radical (unpaired) electrons. The molecule has 1 fully saturated rings. The average Bonchev–Trinajstić information content (AvgIpc) is 2.71. The summed E-state index contributed by atoms with van der Waals surface area (Å²) in [5.41, 5.74) is 0.274. The fraction of sp³-hybridized carbons (Fsp3) is 0.375. The quantitative estimate of drug-likeness (QED) is 0.682. The SMILES string of the molecule is O=C(c1ccoc1)N1CCCS1(=O)=O. The minimum absolute atomic E-state index is 0.0522. The Morgan fingerprint density at radius 2 is 2.29 bits per heavy atom. The first-order chi connectivity index (χ1) is 6.61. The van der Waals surface area contributed by atoms with Gasteiger partial charge >= 0.3 is 0 Å². The summed E-state index contributed by atoms with van der Waals surface area (Å²) in [6, 6.07) is 1.45. The smallest absolute Gasteiger partial charge is 0.270 e. The maximum atomic E-state index is 11.6. The normalized spacial score (nSPS) is 19.9. The molecule has 1 amide bonds. The highest BCUT2D eigenvalue weighted by Gasteiger charge is 2.33. The molecule has 0 atom stereocenters. The summed E-state index contributed by atoms with van der Waals surface area (Å²) in [4.78, 5) is 11.6. The van der Waals surface area contributed by atoms with Gasteiger partial charge in [-0.05, 0) is 12.5 Å². The summed E-state index contributed by atoms with van der Waals surface area (Å²) in [5.74, 6) is -0.451. The van der Waals surface area contributed by atoms with Crippen LogP contribution in [0.15, 0.2) is 23.0 Å². The van der Waals surface area contributed by atoms with Gasteiger partial charge in [-0.2, -0.15) is 0 Å². The number of rotatable bonds is 1. The molecule has 1 aromatic rings. The molecule has 1 aliphatic rings. The van der Waals surface area contributed by atoms with Crippen molar-refractivity contribution < 1.29 is 17.6 Å². The van der Waals surface area contributed by atoms with Crippen LogP contribution >= 0.6 is 0 Å². The molecule has 0 unspecified atom stereocenters. The van der Waals surface area contributed by atoms with Gasteiger partial charge in [0, 0.05) is 6.54 Å². The second kappa shape index (κ2) is 3.13. The minimum Gasteiger partial charge on any atom is -0.472 e. The van der Waals surface area contributed by atoms with Crippen molar-refractivity contribution in [3.63, 3.8) is 0 Å². The lowest BCUT2D eigenvalue weighted by Gasteiger charge is -2.12. The standard InChI is InChI=1S/C8H9NO4S/c10-8(7-2-4-13-6-7)9-3-1-5-14(9,11)12/h2,4,6H,1,3,5H2. The van der Waals surface area contributed by atoms with Crippen LogP contribution in [0.25, 0.3) is 0 Å². The van der Waals surface area contributed by atoms with Crippen LogP contribution in [0.3, 0.4) is 0 Å². The third-order valence-corrected chi connectivity index (χ3v) is 3.92. The van der Waals surface area contributed by atoms with E-state index in [1.54, 1.807) is 0 Å². The van der Waals surface area contributed by atoms with E-state index in [1.807, 2.05) is 0 Å². The molecule has 0 aliphatic carbocycles. The Hall–Kier alpha value is -1.30. The van der Waals surface area contributed by atoms with Gasteiger partial charge in [0.2, 0.25) is 10.0 Å². The van der Waals surface area contributed by atoms with Gasteiger partial charge in [-0.25, -0.2) is 12.7 Å². The van der Waals surface area contributed by atoms with Crippen molar-refractivity contribution in [1.29, 1.82) is 0 Å². The lowest BCUT2D eigenvalue weighted by Crippen LogP contribution is -2.32. The van der Waals surface area contributed by atoms with Gasteiger partial charge in [-0.3, -0.25) is 4.79 Å². The summed E-state index contributed by atoms with van der Waals surface area (Å²) in [7, 11) is -3.37. The molecule has 1 saturated heterocycles. The van der Waals surface area contributed by atoms with Gasteiger partial charge < -0.3 is 4.42 Å².